The molecule has 8 nitrogen and oxygen atoms in total. The zero-order valence-corrected chi connectivity index (χ0v) is 23.6. The molecular formula is C29H22F3N7OS2. The van der Waals surface area contributed by atoms with Gasteiger partial charge in [0.1, 0.15) is 12.1 Å². The van der Waals surface area contributed by atoms with Crippen LogP contribution in [0.1, 0.15) is 24.0 Å². The van der Waals surface area contributed by atoms with Gasteiger partial charge in [0, 0.05) is 22.9 Å². The second kappa shape index (κ2) is 11.4. The average Bonchev–Trinajstić information content (AvgIpc) is 3.61. The normalized spacial score (nSPS) is 17.2. The summed E-state index contributed by atoms with van der Waals surface area (Å²) < 4.78 is 42.5. The number of fused-ring (bicyclic) bond motifs is 3. The van der Waals surface area contributed by atoms with Crippen molar-refractivity contribution in [2.24, 2.45) is 10.1 Å². The first-order valence-electron chi connectivity index (χ1n) is 12.8. The summed E-state index contributed by atoms with van der Waals surface area (Å²) in [6.45, 7) is 2.20. The van der Waals surface area contributed by atoms with Crippen molar-refractivity contribution in [3.63, 3.8) is 0 Å². The third-order valence-corrected chi connectivity index (χ3v) is 7.66. The Balaban J connectivity index is 1.07. The maximum atomic E-state index is 12.4. The Hall–Kier alpha value is -4.49. The van der Waals surface area contributed by atoms with Crippen molar-refractivity contribution < 1.29 is 17.9 Å². The number of hydrogen-bond acceptors (Lipinski definition) is 6. The molecule has 0 amide bonds. The van der Waals surface area contributed by atoms with Crippen LogP contribution in [0.5, 0.6) is 5.75 Å². The summed E-state index contributed by atoms with van der Waals surface area (Å²) in [7, 11) is 0. The van der Waals surface area contributed by atoms with E-state index in [0.29, 0.717) is 17.4 Å². The highest BCUT2D eigenvalue weighted by Crippen LogP contribution is 2.42. The van der Waals surface area contributed by atoms with Gasteiger partial charge in [0.15, 0.2) is 11.0 Å². The standard InChI is InChI=1S/C29H22F3N7OS2/c1-18-14-22-16-42-28(39(22)25-5-3-2-4-24(18)25)35-27(41)36-34-15-19-6-8-20(9-7-19)26-33-17-38(37-26)21-10-12-23(13-11-21)40-29(30,31)32/h2-15,17-18H,16H2,1H3,(H,36,41)/b34-15+,35-28-. The molecular weight excluding hydrogens is 583 g/mol. The molecule has 13 heteroatoms. The van der Waals surface area contributed by atoms with Gasteiger partial charge in [-0.3, -0.25) is 10.3 Å². The summed E-state index contributed by atoms with van der Waals surface area (Å²) >= 11 is 7.07. The van der Waals surface area contributed by atoms with Gasteiger partial charge in [-0.05, 0) is 53.7 Å². The fourth-order valence-corrected chi connectivity index (χ4v) is 5.82. The van der Waals surface area contributed by atoms with Crippen molar-refractivity contribution in [3.8, 4) is 22.8 Å². The van der Waals surface area contributed by atoms with Crippen LogP contribution in [0.2, 0.25) is 0 Å². The Labute approximate surface area is 248 Å². The Morgan fingerprint density at radius 3 is 2.62 bits per heavy atom. The predicted molar refractivity (Wildman–Crippen MR) is 162 cm³/mol. The molecule has 0 saturated carbocycles. The monoisotopic (exact) mass is 605 g/mol. The molecule has 6 rings (SSSR count). The summed E-state index contributed by atoms with van der Waals surface area (Å²) in [5.74, 6) is 1.34. The van der Waals surface area contributed by atoms with Crippen LogP contribution in [-0.2, 0) is 0 Å². The molecule has 1 saturated heterocycles. The van der Waals surface area contributed by atoms with Gasteiger partial charge in [0.2, 0.25) is 5.11 Å². The van der Waals surface area contributed by atoms with Crippen LogP contribution in [0.25, 0.3) is 17.1 Å². The molecule has 2 aliphatic heterocycles. The number of nitrogens with zero attached hydrogens (tertiary/aromatic N) is 6. The largest absolute Gasteiger partial charge is 0.573 e. The van der Waals surface area contributed by atoms with Crippen LogP contribution in [-0.4, -0.2) is 43.4 Å². The van der Waals surface area contributed by atoms with E-state index in [-0.39, 0.29) is 10.9 Å². The van der Waals surface area contributed by atoms with Crippen molar-refractivity contribution >= 4 is 46.2 Å². The van der Waals surface area contributed by atoms with E-state index in [2.05, 4.69) is 60.4 Å². The number of rotatable bonds is 5. The minimum Gasteiger partial charge on any atom is -0.406 e. The number of hydrogen-bond donors (Lipinski definition) is 1. The summed E-state index contributed by atoms with van der Waals surface area (Å²) in [4.78, 5) is 11.1. The number of aliphatic imine (C=N–C) groups is 1. The number of para-hydroxylation sites is 1. The van der Waals surface area contributed by atoms with E-state index >= 15 is 0 Å². The number of thiocarbonyl (C=S) groups is 1. The Bertz CT molecular complexity index is 1710. The van der Waals surface area contributed by atoms with Crippen LogP contribution < -0.4 is 15.1 Å². The molecule has 0 aliphatic carbocycles. The van der Waals surface area contributed by atoms with E-state index in [4.69, 9.17) is 12.2 Å². The molecule has 1 aromatic heterocycles. The maximum absolute atomic E-state index is 12.4. The summed E-state index contributed by atoms with van der Waals surface area (Å²) in [6, 6.07) is 21.1. The second-order valence-electron chi connectivity index (χ2n) is 9.38. The number of thioether (sulfide) groups is 1. The summed E-state index contributed by atoms with van der Waals surface area (Å²) in [6.07, 6.45) is 0.648. The minimum absolute atomic E-state index is 0.260. The number of benzene rings is 3. The topological polar surface area (TPSA) is 79.9 Å². The molecule has 42 heavy (non-hydrogen) atoms. The highest BCUT2D eigenvalue weighted by atomic mass is 32.2. The number of alkyl halides is 3. The number of ether oxygens (including phenoxy) is 1. The smallest absolute Gasteiger partial charge is 0.406 e. The minimum atomic E-state index is -4.74. The zero-order chi connectivity index (χ0) is 29.3. The number of anilines is 1. The third-order valence-electron chi connectivity index (χ3n) is 6.50. The molecule has 2 aliphatic rings. The highest BCUT2D eigenvalue weighted by Gasteiger charge is 2.33. The van der Waals surface area contributed by atoms with Gasteiger partial charge in [-0.1, -0.05) is 67.2 Å². The quantitative estimate of drug-likeness (QED) is 0.155. The van der Waals surface area contributed by atoms with E-state index in [1.807, 2.05) is 36.4 Å². The molecule has 212 valence electrons. The molecule has 0 spiro atoms. The molecule has 0 radical (unpaired) electrons. The van der Waals surface area contributed by atoms with Gasteiger partial charge in [-0.15, -0.1) is 18.3 Å². The van der Waals surface area contributed by atoms with Crippen molar-refractivity contribution in [2.45, 2.75) is 19.2 Å². The molecule has 1 atom stereocenters. The lowest BCUT2D eigenvalue weighted by Crippen LogP contribution is -2.28. The second-order valence-corrected chi connectivity index (χ2v) is 10.7. The molecule has 1 N–H and O–H groups in total. The Morgan fingerprint density at radius 1 is 1.10 bits per heavy atom. The van der Waals surface area contributed by atoms with Gasteiger partial charge in [-0.2, -0.15) is 10.1 Å². The van der Waals surface area contributed by atoms with Gasteiger partial charge in [-0.25, -0.2) is 9.67 Å². The fraction of sp³-hybridized carbons (Fsp3) is 0.138. The van der Waals surface area contributed by atoms with Crippen LogP contribution in [0, 0.1) is 0 Å². The van der Waals surface area contributed by atoms with Crippen molar-refractivity contribution in [1.29, 1.82) is 0 Å². The lowest BCUT2D eigenvalue weighted by Gasteiger charge is -2.29. The zero-order valence-electron chi connectivity index (χ0n) is 22.0. The number of halogens is 3. The first-order chi connectivity index (χ1) is 20.2. The van der Waals surface area contributed by atoms with Crippen molar-refractivity contribution in [3.05, 3.63) is 102 Å². The van der Waals surface area contributed by atoms with Crippen molar-refractivity contribution in [1.82, 2.24) is 20.2 Å². The summed E-state index contributed by atoms with van der Waals surface area (Å²) in [5.41, 5.74) is 8.55. The third kappa shape index (κ3) is 6.06. The number of hydrazone groups is 1. The number of aromatic nitrogens is 3. The predicted octanol–water partition coefficient (Wildman–Crippen LogP) is 6.65. The van der Waals surface area contributed by atoms with Crippen LogP contribution in [0.3, 0.4) is 0 Å². The van der Waals surface area contributed by atoms with Gasteiger partial charge in [0.25, 0.3) is 0 Å². The van der Waals surface area contributed by atoms with Crippen LogP contribution in [0.4, 0.5) is 18.9 Å². The van der Waals surface area contributed by atoms with Crippen molar-refractivity contribution in [2.75, 3.05) is 10.7 Å². The lowest BCUT2D eigenvalue weighted by molar-refractivity contribution is -0.274. The molecule has 1 unspecified atom stereocenters. The highest BCUT2D eigenvalue weighted by molar-refractivity contribution is 8.14. The molecule has 1 fully saturated rings. The molecule has 0 bridgehead atoms. The van der Waals surface area contributed by atoms with E-state index in [0.717, 1.165) is 27.7 Å². The Morgan fingerprint density at radius 2 is 1.86 bits per heavy atom. The van der Waals surface area contributed by atoms with Crippen LogP contribution in [0.15, 0.2) is 101 Å². The molecule has 3 aromatic carbocycles. The van der Waals surface area contributed by atoms with E-state index in [1.54, 1.807) is 18.0 Å². The van der Waals surface area contributed by atoms with E-state index < -0.39 is 6.36 Å². The summed E-state index contributed by atoms with van der Waals surface area (Å²) in [5, 5.41) is 9.73. The van der Waals surface area contributed by atoms with Gasteiger partial charge < -0.3 is 4.74 Å². The Kier molecular flexibility index (Phi) is 7.52. The lowest BCUT2D eigenvalue weighted by atomic mass is 9.94. The first kappa shape index (κ1) is 27.7. The first-order valence-corrected chi connectivity index (χ1v) is 14.2. The molecule has 3 heterocycles. The maximum Gasteiger partial charge on any atom is 0.573 e. The number of nitrogens with one attached hydrogen (secondary N) is 1. The molecule has 4 aromatic rings. The fourth-order valence-electron chi connectivity index (χ4n) is 4.62. The van der Waals surface area contributed by atoms with Gasteiger partial charge in [0.05, 0.1) is 17.6 Å². The van der Waals surface area contributed by atoms with Crippen LogP contribution >= 0.6 is 24.0 Å². The van der Waals surface area contributed by atoms with E-state index in [9.17, 15) is 13.2 Å². The number of amidine groups is 1. The number of allylic oxidation sites excluding steroid dienone is 1. The van der Waals surface area contributed by atoms with Gasteiger partial charge >= 0.3 is 6.36 Å². The average molecular weight is 606 g/mol. The SMILES string of the molecule is CC1C=C2CS/C(=N\C(=S)N/N=C/c3ccc(-c4ncn(-c5ccc(OC(F)(F)F)cc5)n4)cc3)N2c2ccccc21. The van der Waals surface area contributed by atoms with E-state index in [1.165, 1.54) is 46.5 Å².